The van der Waals surface area contributed by atoms with E-state index in [1.165, 1.54) is 18.4 Å². The smallest absolute Gasteiger partial charge is 0.287 e. The summed E-state index contributed by atoms with van der Waals surface area (Å²) in [6.07, 6.45) is 2.83. The Kier molecular flexibility index (Phi) is 4.99. The van der Waals surface area contributed by atoms with Gasteiger partial charge in [-0.05, 0) is 44.0 Å². The molecule has 7 heteroatoms. The molecule has 0 atom stereocenters. The molecule has 2 N–H and O–H groups in total. The summed E-state index contributed by atoms with van der Waals surface area (Å²) < 4.78 is 5.20. The number of likely N-dealkylation sites (tertiary alicyclic amines) is 1. The molecule has 1 aromatic carbocycles. The lowest BCUT2D eigenvalue weighted by Gasteiger charge is -2.32. The van der Waals surface area contributed by atoms with Gasteiger partial charge in [-0.15, -0.1) is 0 Å². The molecule has 6 nitrogen and oxygen atoms in total. The number of benzene rings is 1. The van der Waals surface area contributed by atoms with Gasteiger partial charge in [-0.25, -0.2) is 0 Å². The van der Waals surface area contributed by atoms with E-state index in [2.05, 4.69) is 5.32 Å². The number of hydrogen-bond acceptors (Lipinski definition) is 4. The van der Waals surface area contributed by atoms with E-state index in [-0.39, 0.29) is 28.6 Å². The zero-order chi connectivity index (χ0) is 18.0. The summed E-state index contributed by atoms with van der Waals surface area (Å²) in [7, 11) is 0. The average Bonchev–Trinajstić information content (AvgIpc) is 3.03. The van der Waals surface area contributed by atoms with Crippen molar-refractivity contribution >= 4 is 23.4 Å². The molecule has 0 bridgehead atoms. The molecule has 1 aliphatic rings. The van der Waals surface area contributed by atoms with E-state index in [9.17, 15) is 14.7 Å². The minimum Gasteiger partial charge on any atom is -0.506 e. The van der Waals surface area contributed by atoms with Gasteiger partial charge in [0.05, 0.1) is 11.3 Å². The molecule has 1 fully saturated rings. The molecular weight excluding hydrogens is 344 g/mol. The number of carbonyl (C=O) groups is 2. The fraction of sp³-hybridized carbons (Fsp3) is 0.333. The third kappa shape index (κ3) is 3.79. The van der Waals surface area contributed by atoms with Crippen molar-refractivity contribution in [2.24, 2.45) is 0 Å². The van der Waals surface area contributed by atoms with Crippen LogP contribution in [0.3, 0.4) is 0 Å². The van der Waals surface area contributed by atoms with Crippen molar-refractivity contribution in [2.75, 3.05) is 13.1 Å². The van der Waals surface area contributed by atoms with Crippen molar-refractivity contribution in [3.05, 3.63) is 52.4 Å². The molecule has 0 saturated carbocycles. The van der Waals surface area contributed by atoms with Crippen molar-refractivity contribution in [3.63, 3.8) is 0 Å². The van der Waals surface area contributed by atoms with Gasteiger partial charge in [0.15, 0.2) is 5.76 Å². The third-order valence-corrected chi connectivity index (χ3v) is 4.68. The van der Waals surface area contributed by atoms with Gasteiger partial charge >= 0.3 is 0 Å². The molecule has 0 aliphatic carbocycles. The number of rotatable bonds is 3. The normalized spacial score (nSPS) is 15.2. The van der Waals surface area contributed by atoms with Crippen LogP contribution in [0.2, 0.25) is 5.02 Å². The number of amides is 2. The first-order valence-corrected chi connectivity index (χ1v) is 8.46. The number of carbonyl (C=O) groups excluding carboxylic acids is 2. The summed E-state index contributed by atoms with van der Waals surface area (Å²) in [5.41, 5.74) is 1.24. The summed E-state index contributed by atoms with van der Waals surface area (Å²) in [6.45, 7) is 2.90. The number of hydrogen-bond donors (Lipinski definition) is 2. The predicted octanol–water partition coefficient (Wildman–Crippen LogP) is 2.98. The molecule has 1 saturated heterocycles. The lowest BCUT2D eigenvalue weighted by molar-refractivity contribution is 0.0695. The van der Waals surface area contributed by atoms with Gasteiger partial charge in [0.1, 0.15) is 5.75 Å². The lowest BCUT2D eigenvalue weighted by Crippen LogP contribution is -2.46. The Labute approximate surface area is 150 Å². The first-order chi connectivity index (χ1) is 12.0. The first-order valence-electron chi connectivity index (χ1n) is 8.08. The van der Waals surface area contributed by atoms with Crippen molar-refractivity contribution in [3.8, 4) is 5.75 Å². The SMILES string of the molecule is Cc1ccoc1C(=O)NC1CCN(C(=O)c2ccc(O)c(Cl)c2)CC1. The van der Waals surface area contributed by atoms with Crippen LogP contribution in [-0.2, 0) is 0 Å². The third-order valence-electron chi connectivity index (χ3n) is 4.38. The van der Waals surface area contributed by atoms with Gasteiger partial charge in [-0.3, -0.25) is 9.59 Å². The zero-order valence-electron chi connectivity index (χ0n) is 13.8. The Morgan fingerprint density at radius 3 is 2.60 bits per heavy atom. The van der Waals surface area contributed by atoms with E-state index in [0.717, 1.165) is 5.56 Å². The van der Waals surface area contributed by atoms with Gasteiger partial charge in [0, 0.05) is 30.3 Å². The van der Waals surface area contributed by atoms with Crippen LogP contribution in [0.1, 0.15) is 39.3 Å². The van der Waals surface area contributed by atoms with Crippen molar-refractivity contribution < 1.29 is 19.1 Å². The first kappa shape index (κ1) is 17.4. The highest BCUT2D eigenvalue weighted by atomic mass is 35.5. The van der Waals surface area contributed by atoms with Crippen LogP contribution in [0.5, 0.6) is 5.75 Å². The second-order valence-electron chi connectivity index (χ2n) is 6.14. The largest absolute Gasteiger partial charge is 0.506 e. The number of halogens is 1. The maximum Gasteiger partial charge on any atom is 0.287 e. The quantitative estimate of drug-likeness (QED) is 0.879. The van der Waals surface area contributed by atoms with E-state index in [0.29, 0.717) is 37.3 Å². The van der Waals surface area contributed by atoms with Gasteiger partial charge < -0.3 is 19.7 Å². The fourth-order valence-electron chi connectivity index (χ4n) is 2.91. The standard InChI is InChI=1S/C18H19ClN2O4/c1-11-6-9-25-16(11)17(23)20-13-4-7-21(8-5-13)18(24)12-2-3-15(22)14(19)10-12/h2-3,6,9-10,13,22H,4-5,7-8H2,1H3,(H,20,23). The van der Waals surface area contributed by atoms with Crippen LogP contribution in [0.15, 0.2) is 34.9 Å². The highest BCUT2D eigenvalue weighted by Crippen LogP contribution is 2.25. The molecule has 25 heavy (non-hydrogen) atoms. The fourth-order valence-corrected chi connectivity index (χ4v) is 3.09. The van der Waals surface area contributed by atoms with Crippen LogP contribution in [0.4, 0.5) is 0 Å². The van der Waals surface area contributed by atoms with Crippen molar-refractivity contribution in [1.82, 2.24) is 10.2 Å². The zero-order valence-corrected chi connectivity index (χ0v) is 14.5. The van der Waals surface area contributed by atoms with Crippen LogP contribution in [0.25, 0.3) is 0 Å². The molecule has 1 aliphatic heterocycles. The topological polar surface area (TPSA) is 82.8 Å². The van der Waals surface area contributed by atoms with Crippen LogP contribution >= 0.6 is 11.6 Å². The summed E-state index contributed by atoms with van der Waals surface area (Å²) in [5, 5.41) is 12.6. The number of aryl methyl sites for hydroxylation is 1. The van der Waals surface area contributed by atoms with E-state index in [1.54, 1.807) is 17.0 Å². The van der Waals surface area contributed by atoms with E-state index < -0.39 is 0 Å². The minimum absolute atomic E-state index is 0.00413. The molecule has 132 valence electrons. The van der Waals surface area contributed by atoms with Crippen LogP contribution < -0.4 is 5.32 Å². The number of aromatic hydroxyl groups is 1. The maximum absolute atomic E-state index is 12.5. The molecule has 3 rings (SSSR count). The van der Waals surface area contributed by atoms with E-state index in [4.69, 9.17) is 16.0 Å². The second-order valence-corrected chi connectivity index (χ2v) is 6.55. The lowest BCUT2D eigenvalue weighted by atomic mass is 10.0. The molecule has 2 amide bonds. The van der Waals surface area contributed by atoms with Crippen molar-refractivity contribution in [2.45, 2.75) is 25.8 Å². The number of nitrogens with one attached hydrogen (secondary N) is 1. The Morgan fingerprint density at radius 2 is 2.00 bits per heavy atom. The summed E-state index contributed by atoms with van der Waals surface area (Å²) >= 11 is 5.86. The molecule has 2 heterocycles. The Hall–Kier alpha value is -2.47. The Morgan fingerprint density at radius 1 is 1.28 bits per heavy atom. The number of phenolic OH excluding ortho intramolecular Hbond substituents is 1. The minimum atomic E-state index is -0.224. The summed E-state index contributed by atoms with van der Waals surface area (Å²) in [5.74, 6) is -0.0729. The molecule has 2 aromatic rings. The number of phenols is 1. The molecular formula is C18H19ClN2O4. The number of nitrogens with zero attached hydrogens (tertiary/aromatic N) is 1. The van der Waals surface area contributed by atoms with Gasteiger partial charge in [0.2, 0.25) is 0 Å². The second kappa shape index (κ2) is 7.19. The van der Waals surface area contributed by atoms with Gasteiger partial charge in [-0.2, -0.15) is 0 Å². The Bertz CT molecular complexity index is 794. The summed E-state index contributed by atoms with van der Waals surface area (Å²) in [4.78, 5) is 26.4. The number of furan rings is 1. The van der Waals surface area contributed by atoms with Crippen LogP contribution in [0, 0.1) is 6.92 Å². The predicted molar refractivity (Wildman–Crippen MR) is 93.0 cm³/mol. The van der Waals surface area contributed by atoms with E-state index >= 15 is 0 Å². The van der Waals surface area contributed by atoms with Crippen molar-refractivity contribution in [1.29, 1.82) is 0 Å². The van der Waals surface area contributed by atoms with E-state index in [1.807, 2.05) is 6.92 Å². The average molecular weight is 363 g/mol. The molecule has 0 spiro atoms. The highest BCUT2D eigenvalue weighted by molar-refractivity contribution is 6.32. The van der Waals surface area contributed by atoms with Gasteiger partial charge in [0.25, 0.3) is 11.8 Å². The van der Waals surface area contributed by atoms with Crippen LogP contribution in [-0.4, -0.2) is 41.0 Å². The highest BCUT2D eigenvalue weighted by Gasteiger charge is 2.26. The molecule has 0 radical (unpaired) electrons. The summed E-state index contributed by atoms with van der Waals surface area (Å²) in [6, 6.07) is 6.18. The van der Waals surface area contributed by atoms with Gasteiger partial charge in [-0.1, -0.05) is 11.6 Å². The Balaban J connectivity index is 1.56. The number of piperidine rings is 1. The molecule has 1 aromatic heterocycles. The maximum atomic E-state index is 12.5. The molecule has 0 unspecified atom stereocenters. The monoisotopic (exact) mass is 362 g/mol.